The molecule has 1 saturated heterocycles. The van der Waals surface area contributed by atoms with Crippen LogP contribution < -0.4 is 4.90 Å². The van der Waals surface area contributed by atoms with Gasteiger partial charge in [0.25, 0.3) is 5.91 Å². The summed E-state index contributed by atoms with van der Waals surface area (Å²) < 4.78 is 5.39. The zero-order valence-corrected chi connectivity index (χ0v) is 13.5. The molecule has 1 aromatic heterocycles. The zero-order valence-electron chi connectivity index (χ0n) is 13.5. The number of carbonyl (C=O) groups is 2. The van der Waals surface area contributed by atoms with Gasteiger partial charge in [0.1, 0.15) is 5.76 Å². The lowest BCUT2D eigenvalue weighted by molar-refractivity contribution is -0.117. The van der Waals surface area contributed by atoms with Gasteiger partial charge in [0.05, 0.1) is 12.8 Å². The van der Waals surface area contributed by atoms with E-state index in [0.29, 0.717) is 24.6 Å². The fourth-order valence-electron chi connectivity index (χ4n) is 3.19. The highest BCUT2D eigenvalue weighted by Crippen LogP contribution is 2.30. The summed E-state index contributed by atoms with van der Waals surface area (Å²) in [4.78, 5) is 28.3. The molecule has 0 unspecified atom stereocenters. The molecule has 24 heavy (non-hydrogen) atoms. The highest BCUT2D eigenvalue weighted by molar-refractivity contribution is 5.97. The molecule has 2 fully saturated rings. The number of anilines is 1. The number of amides is 2. The van der Waals surface area contributed by atoms with Crippen molar-refractivity contribution in [1.82, 2.24) is 4.90 Å². The van der Waals surface area contributed by atoms with Crippen LogP contribution in [0.3, 0.4) is 0 Å². The minimum Gasteiger partial charge on any atom is -0.467 e. The van der Waals surface area contributed by atoms with Gasteiger partial charge in [-0.1, -0.05) is 0 Å². The van der Waals surface area contributed by atoms with E-state index in [1.54, 1.807) is 11.2 Å². The van der Waals surface area contributed by atoms with Crippen LogP contribution in [-0.2, 0) is 11.3 Å². The molecule has 1 aliphatic heterocycles. The lowest BCUT2D eigenvalue weighted by atomic mass is 10.1. The van der Waals surface area contributed by atoms with Crippen LogP contribution in [0, 0.1) is 0 Å². The topological polar surface area (TPSA) is 53.8 Å². The first-order valence-electron chi connectivity index (χ1n) is 8.46. The number of nitrogens with zero attached hydrogens (tertiary/aromatic N) is 2. The Labute approximate surface area is 140 Å². The molecular weight excluding hydrogens is 304 g/mol. The summed E-state index contributed by atoms with van der Waals surface area (Å²) in [5.74, 6) is 0.981. The van der Waals surface area contributed by atoms with Crippen LogP contribution in [0.25, 0.3) is 0 Å². The lowest BCUT2D eigenvalue weighted by Crippen LogP contribution is -2.32. The Hall–Kier alpha value is -2.56. The third-order valence-electron chi connectivity index (χ3n) is 4.65. The smallest absolute Gasteiger partial charge is 0.254 e. The van der Waals surface area contributed by atoms with Crippen molar-refractivity contribution in [3.8, 4) is 0 Å². The van der Waals surface area contributed by atoms with Gasteiger partial charge in [-0.3, -0.25) is 9.59 Å². The number of hydrogen-bond acceptors (Lipinski definition) is 3. The highest BCUT2D eigenvalue weighted by Gasteiger charge is 2.33. The largest absolute Gasteiger partial charge is 0.467 e. The summed E-state index contributed by atoms with van der Waals surface area (Å²) in [5.41, 5.74) is 1.53. The van der Waals surface area contributed by atoms with Crippen LogP contribution in [0.2, 0.25) is 0 Å². The van der Waals surface area contributed by atoms with E-state index in [0.717, 1.165) is 37.3 Å². The van der Waals surface area contributed by atoms with Crippen LogP contribution in [-0.4, -0.2) is 29.3 Å². The molecule has 1 saturated carbocycles. The third kappa shape index (κ3) is 2.94. The Bertz CT molecular complexity index is 732. The van der Waals surface area contributed by atoms with E-state index in [9.17, 15) is 9.59 Å². The van der Waals surface area contributed by atoms with E-state index in [4.69, 9.17) is 4.42 Å². The number of rotatable bonds is 5. The molecule has 0 bridgehead atoms. The first kappa shape index (κ1) is 15.0. The standard InChI is InChI=1S/C19H20N2O3/c22-18-4-1-11-20(18)15-7-5-14(6-8-15)19(23)21(16-9-10-16)13-17-3-2-12-24-17/h2-3,5-8,12,16H,1,4,9-11,13H2. The molecule has 0 N–H and O–H groups in total. The monoisotopic (exact) mass is 324 g/mol. The molecule has 1 aliphatic carbocycles. The first-order valence-corrected chi connectivity index (χ1v) is 8.46. The van der Waals surface area contributed by atoms with E-state index in [-0.39, 0.29) is 11.8 Å². The van der Waals surface area contributed by atoms with E-state index in [1.807, 2.05) is 41.3 Å². The predicted molar refractivity (Wildman–Crippen MR) is 89.6 cm³/mol. The second-order valence-electron chi connectivity index (χ2n) is 6.44. The van der Waals surface area contributed by atoms with Crippen molar-refractivity contribution in [2.75, 3.05) is 11.4 Å². The van der Waals surface area contributed by atoms with Gasteiger partial charge in [-0.2, -0.15) is 0 Å². The molecule has 1 aromatic carbocycles. The highest BCUT2D eigenvalue weighted by atomic mass is 16.3. The molecular formula is C19H20N2O3. The third-order valence-corrected chi connectivity index (χ3v) is 4.65. The second-order valence-corrected chi connectivity index (χ2v) is 6.44. The Morgan fingerprint density at radius 3 is 2.58 bits per heavy atom. The Morgan fingerprint density at radius 2 is 2.00 bits per heavy atom. The summed E-state index contributed by atoms with van der Waals surface area (Å²) in [5, 5.41) is 0. The minimum atomic E-state index is 0.0215. The quantitative estimate of drug-likeness (QED) is 0.848. The number of carbonyl (C=O) groups excluding carboxylic acids is 2. The molecule has 2 heterocycles. The Kier molecular flexibility index (Phi) is 3.84. The van der Waals surface area contributed by atoms with Gasteiger partial charge in [0.15, 0.2) is 0 Å². The summed E-state index contributed by atoms with van der Waals surface area (Å²) in [6.07, 6.45) is 5.24. The van der Waals surface area contributed by atoms with Crippen molar-refractivity contribution in [2.45, 2.75) is 38.3 Å². The van der Waals surface area contributed by atoms with Gasteiger partial charge in [-0.25, -0.2) is 0 Å². The zero-order chi connectivity index (χ0) is 16.5. The van der Waals surface area contributed by atoms with Crippen molar-refractivity contribution in [2.24, 2.45) is 0 Å². The average molecular weight is 324 g/mol. The van der Waals surface area contributed by atoms with Crippen LogP contribution in [0.5, 0.6) is 0 Å². The van der Waals surface area contributed by atoms with Gasteiger partial charge in [0.2, 0.25) is 5.91 Å². The van der Waals surface area contributed by atoms with Gasteiger partial charge >= 0.3 is 0 Å². The molecule has 4 rings (SSSR count). The lowest BCUT2D eigenvalue weighted by Gasteiger charge is -2.22. The summed E-state index contributed by atoms with van der Waals surface area (Å²) >= 11 is 0. The van der Waals surface area contributed by atoms with Crippen LogP contribution >= 0.6 is 0 Å². The maximum atomic E-state index is 12.9. The molecule has 2 aliphatic rings. The molecule has 0 atom stereocenters. The minimum absolute atomic E-state index is 0.0215. The normalized spacial score (nSPS) is 17.3. The van der Waals surface area contributed by atoms with Crippen LogP contribution in [0.1, 0.15) is 41.8 Å². The van der Waals surface area contributed by atoms with E-state index < -0.39 is 0 Å². The maximum Gasteiger partial charge on any atom is 0.254 e. The van der Waals surface area contributed by atoms with Crippen molar-refractivity contribution in [1.29, 1.82) is 0 Å². The fraction of sp³-hybridized carbons (Fsp3) is 0.368. The van der Waals surface area contributed by atoms with Crippen molar-refractivity contribution in [3.05, 3.63) is 54.0 Å². The van der Waals surface area contributed by atoms with Crippen molar-refractivity contribution in [3.63, 3.8) is 0 Å². The number of furan rings is 1. The summed E-state index contributed by atoms with van der Waals surface area (Å²) in [7, 11) is 0. The van der Waals surface area contributed by atoms with Crippen LogP contribution in [0.15, 0.2) is 47.1 Å². The molecule has 0 spiro atoms. The van der Waals surface area contributed by atoms with Crippen LogP contribution in [0.4, 0.5) is 5.69 Å². The fourth-order valence-corrected chi connectivity index (χ4v) is 3.19. The molecule has 5 heteroatoms. The van der Waals surface area contributed by atoms with E-state index in [1.165, 1.54) is 0 Å². The molecule has 124 valence electrons. The molecule has 2 amide bonds. The molecule has 5 nitrogen and oxygen atoms in total. The van der Waals surface area contributed by atoms with Crippen molar-refractivity contribution >= 4 is 17.5 Å². The first-order chi connectivity index (χ1) is 11.7. The maximum absolute atomic E-state index is 12.9. The van der Waals surface area contributed by atoms with Gasteiger partial charge in [0, 0.05) is 30.3 Å². The summed E-state index contributed by atoms with van der Waals surface area (Å²) in [6, 6.07) is 11.4. The second kappa shape index (κ2) is 6.15. The SMILES string of the molecule is O=C1CCCN1c1ccc(C(=O)N(Cc2ccco2)C2CC2)cc1. The predicted octanol–water partition coefficient (Wildman–Crippen LogP) is 3.21. The van der Waals surface area contributed by atoms with Crippen molar-refractivity contribution < 1.29 is 14.0 Å². The van der Waals surface area contributed by atoms with Gasteiger partial charge in [-0.05, 0) is 55.7 Å². The van der Waals surface area contributed by atoms with E-state index in [2.05, 4.69) is 0 Å². The van der Waals surface area contributed by atoms with Gasteiger partial charge in [-0.15, -0.1) is 0 Å². The summed E-state index contributed by atoms with van der Waals surface area (Å²) in [6.45, 7) is 1.27. The molecule has 2 aromatic rings. The number of benzene rings is 1. The average Bonchev–Trinajstić information content (AvgIpc) is 3.14. The van der Waals surface area contributed by atoms with Gasteiger partial charge < -0.3 is 14.2 Å². The Balaban J connectivity index is 1.51. The number of hydrogen-bond donors (Lipinski definition) is 0. The van der Waals surface area contributed by atoms with E-state index >= 15 is 0 Å². The Morgan fingerprint density at radius 1 is 1.21 bits per heavy atom. The molecule has 0 radical (unpaired) electrons.